The molecule has 1 heterocycles. The van der Waals surface area contributed by atoms with Crippen LogP contribution in [-0.2, 0) is 19.6 Å². The second-order valence-electron chi connectivity index (χ2n) is 7.31. The highest BCUT2D eigenvalue weighted by atomic mass is 19.1. The fourth-order valence-corrected chi connectivity index (χ4v) is 3.78. The molecule has 0 atom stereocenters. The second-order valence-corrected chi connectivity index (χ2v) is 7.31. The molecule has 0 bridgehead atoms. The van der Waals surface area contributed by atoms with E-state index in [9.17, 15) is 4.39 Å². The van der Waals surface area contributed by atoms with Gasteiger partial charge in [0.25, 0.3) is 0 Å². The molecule has 0 saturated carbocycles. The van der Waals surface area contributed by atoms with Crippen molar-refractivity contribution < 1.29 is 4.39 Å². The zero-order chi connectivity index (χ0) is 19.1. The predicted octanol–water partition coefficient (Wildman–Crippen LogP) is 4.56. The highest BCUT2D eigenvalue weighted by Crippen LogP contribution is 2.26. The monoisotopic (exact) mass is 369 g/mol. The molecule has 1 aliphatic heterocycles. The third-order valence-electron chi connectivity index (χ3n) is 5.50. The van der Waals surface area contributed by atoms with E-state index in [-0.39, 0.29) is 5.82 Å². The number of anilines is 1. The summed E-state index contributed by atoms with van der Waals surface area (Å²) in [5, 5.41) is 3.43. The van der Waals surface area contributed by atoms with Gasteiger partial charge in [0.2, 0.25) is 0 Å². The lowest BCUT2D eigenvalue weighted by Crippen LogP contribution is -2.23. The fourth-order valence-electron chi connectivity index (χ4n) is 3.78. The Morgan fingerprint density at radius 1 is 0.926 bits per heavy atom. The molecular formula is C23H32FN3. The number of halogens is 1. The van der Waals surface area contributed by atoms with Crippen molar-refractivity contribution >= 4 is 5.69 Å². The van der Waals surface area contributed by atoms with E-state index in [1.54, 1.807) is 6.07 Å². The number of nitrogens with one attached hydrogen (secondary N) is 1. The standard InChI is InChI=1S/C23H32FN3/c1-3-26(4-2)18-20-12-10-19(11-13-20)16-25-17-21-22(24)8-7-9-23(21)27-14-5-6-15-27/h7-13,25H,3-6,14-18H2,1-2H3. The molecule has 0 amide bonds. The number of hydrogen-bond acceptors (Lipinski definition) is 3. The van der Waals surface area contributed by atoms with Gasteiger partial charge in [0.15, 0.2) is 0 Å². The summed E-state index contributed by atoms with van der Waals surface area (Å²) in [4.78, 5) is 4.72. The quantitative estimate of drug-likeness (QED) is 0.699. The highest BCUT2D eigenvalue weighted by Gasteiger charge is 2.17. The van der Waals surface area contributed by atoms with Crippen molar-refractivity contribution in [3.05, 3.63) is 65.0 Å². The Kier molecular flexibility index (Phi) is 7.25. The molecule has 146 valence electrons. The molecule has 0 aromatic heterocycles. The van der Waals surface area contributed by atoms with Crippen molar-refractivity contribution in [3.8, 4) is 0 Å². The lowest BCUT2D eigenvalue weighted by molar-refractivity contribution is 0.296. The highest BCUT2D eigenvalue weighted by molar-refractivity contribution is 5.54. The molecule has 0 radical (unpaired) electrons. The number of nitrogens with zero attached hydrogens (tertiary/aromatic N) is 2. The molecule has 3 nitrogen and oxygen atoms in total. The molecule has 0 aliphatic carbocycles. The number of benzene rings is 2. The van der Waals surface area contributed by atoms with Gasteiger partial charge in [-0.15, -0.1) is 0 Å². The fraction of sp³-hybridized carbons (Fsp3) is 0.478. The second kappa shape index (κ2) is 9.86. The minimum Gasteiger partial charge on any atom is -0.371 e. The summed E-state index contributed by atoms with van der Waals surface area (Å²) in [6.45, 7) is 10.9. The molecule has 2 aromatic carbocycles. The summed E-state index contributed by atoms with van der Waals surface area (Å²) in [6, 6.07) is 14.2. The van der Waals surface area contributed by atoms with E-state index in [0.29, 0.717) is 6.54 Å². The Morgan fingerprint density at radius 2 is 1.59 bits per heavy atom. The molecule has 0 spiro atoms. The largest absolute Gasteiger partial charge is 0.371 e. The Hall–Kier alpha value is -1.91. The summed E-state index contributed by atoms with van der Waals surface area (Å²) in [5.74, 6) is -0.110. The average Bonchev–Trinajstić information content (AvgIpc) is 3.23. The van der Waals surface area contributed by atoms with E-state index in [4.69, 9.17) is 0 Å². The minimum absolute atomic E-state index is 0.110. The molecule has 3 rings (SSSR count). The minimum atomic E-state index is -0.110. The van der Waals surface area contributed by atoms with Crippen molar-refractivity contribution in [2.75, 3.05) is 31.1 Å². The maximum absolute atomic E-state index is 14.4. The maximum Gasteiger partial charge on any atom is 0.129 e. The Morgan fingerprint density at radius 3 is 2.26 bits per heavy atom. The van der Waals surface area contributed by atoms with Crippen molar-refractivity contribution in [1.29, 1.82) is 0 Å². The first-order valence-corrected chi connectivity index (χ1v) is 10.2. The smallest absolute Gasteiger partial charge is 0.129 e. The van der Waals surface area contributed by atoms with Gasteiger partial charge in [-0.3, -0.25) is 4.90 Å². The van der Waals surface area contributed by atoms with Crippen LogP contribution in [0.3, 0.4) is 0 Å². The van der Waals surface area contributed by atoms with Crippen LogP contribution in [0.2, 0.25) is 0 Å². The molecule has 2 aromatic rings. The SMILES string of the molecule is CCN(CC)Cc1ccc(CNCc2c(F)cccc2N2CCCC2)cc1. The zero-order valence-electron chi connectivity index (χ0n) is 16.7. The molecule has 1 aliphatic rings. The van der Waals surface area contributed by atoms with E-state index < -0.39 is 0 Å². The normalized spacial score (nSPS) is 14.3. The van der Waals surface area contributed by atoms with Crippen molar-refractivity contribution in [3.63, 3.8) is 0 Å². The Balaban J connectivity index is 1.57. The molecule has 1 saturated heterocycles. The summed E-state index contributed by atoms with van der Waals surface area (Å²) in [5.41, 5.74) is 4.41. The van der Waals surface area contributed by atoms with Crippen LogP contribution in [0, 0.1) is 5.82 Å². The van der Waals surface area contributed by atoms with Gasteiger partial charge in [0.05, 0.1) is 0 Å². The third kappa shape index (κ3) is 5.30. The summed E-state index contributed by atoms with van der Waals surface area (Å²) in [7, 11) is 0. The first-order chi connectivity index (χ1) is 13.2. The first kappa shape index (κ1) is 19.8. The Bertz CT molecular complexity index is 704. The summed E-state index contributed by atoms with van der Waals surface area (Å²) >= 11 is 0. The van der Waals surface area contributed by atoms with Crippen LogP contribution in [0.5, 0.6) is 0 Å². The van der Waals surface area contributed by atoms with Gasteiger partial charge in [0.1, 0.15) is 5.82 Å². The van der Waals surface area contributed by atoms with Crippen LogP contribution in [0.15, 0.2) is 42.5 Å². The van der Waals surface area contributed by atoms with Crippen LogP contribution < -0.4 is 10.2 Å². The van der Waals surface area contributed by atoms with Crippen molar-refractivity contribution in [1.82, 2.24) is 10.2 Å². The number of rotatable bonds is 9. The van der Waals surface area contributed by atoms with Gasteiger partial charge in [-0.25, -0.2) is 4.39 Å². The van der Waals surface area contributed by atoms with Crippen LogP contribution in [-0.4, -0.2) is 31.1 Å². The summed E-state index contributed by atoms with van der Waals surface area (Å²) in [6.07, 6.45) is 2.40. The molecule has 1 fully saturated rings. The predicted molar refractivity (Wildman–Crippen MR) is 111 cm³/mol. The Labute approximate surface area is 163 Å². The molecule has 1 N–H and O–H groups in total. The van der Waals surface area contributed by atoms with Gasteiger partial charge in [-0.2, -0.15) is 0 Å². The summed E-state index contributed by atoms with van der Waals surface area (Å²) < 4.78 is 14.4. The zero-order valence-corrected chi connectivity index (χ0v) is 16.7. The van der Waals surface area contributed by atoms with Crippen molar-refractivity contribution in [2.45, 2.75) is 46.3 Å². The van der Waals surface area contributed by atoms with Crippen molar-refractivity contribution in [2.24, 2.45) is 0 Å². The molecular weight excluding hydrogens is 337 g/mol. The van der Waals surface area contributed by atoms with E-state index >= 15 is 0 Å². The molecule has 27 heavy (non-hydrogen) atoms. The van der Waals surface area contributed by atoms with E-state index in [2.05, 4.69) is 53.2 Å². The van der Waals surface area contributed by atoms with E-state index in [1.807, 2.05) is 12.1 Å². The van der Waals surface area contributed by atoms with E-state index in [0.717, 1.165) is 50.5 Å². The third-order valence-corrected chi connectivity index (χ3v) is 5.50. The first-order valence-electron chi connectivity index (χ1n) is 10.2. The lowest BCUT2D eigenvalue weighted by Gasteiger charge is -2.22. The molecule has 0 unspecified atom stereocenters. The molecule has 4 heteroatoms. The van der Waals surface area contributed by atoms with Gasteiger partial charge in [-0.1, -0.05) is 44.2 Å². The van der Waals surface area contributed by atoms with E-state index in [1.165, 1.54) is 24.0 Å². The number of hydrogen-bond donors (Lipinski definition) is 1. The lowest BCUT2D eigenvalue weighted by atomic mass is 10.1. The average molecular weight is 370 g/mol. The van der Waals surface area contributed by atoms with Gasteiger partial charge in [-0.05, 0) is 49.2 Å². The van der Waals surface area contributed by atoms with Gasteiger partial charge in [0, 0.05) is 44.0 Å². The maximum atomic E-state index is 14.4. The van der Waals surface area contributed by atoms with Crippen LogP contribution >= 0.6 is 0 Å². The van der Waals surface area contributed by atoms with Gasteiger partial charge < -0.3 is 10.2 Å². The van der Waals surface area contributed by atoms with Crippen LogP contribution in [0.4, 0.5) is 10.1 Å². The van der Waals surface area contributed by atoms with Gasteiger partial charge >= 0.3 is 0 Å². The van der Waals surface area contributed by atoms with Crippen LogP contribution in [0.1, 0.15) is 43.4 Å². The van der Waals surface area contributed by atoms with Crippen LogP contribution in [0.25, 0.3) is 0 Å². The topological polar surface area (TPSA) is 18.5 Å².